The summed E-state index contributed by atoms with van der Waals surface area (Å²) in [5.41, 5.74) is 0. The Kier molecular flexibility index (Phi) is 11.1. The Morgan fingerprint density at radius 3 is 1.83 bits per heavy atom. The van der Waals surface area contributed by atoms with Crippen LogP contribution in [-0.4, -0.2) is 19.4 Å². The Morgan fingerprint density at radius 2 is 1.44 bits per heavy atom. The summed E-state index contributed by atoms with van der Waals surface area (Å²) in [6, 6.07) is 0. The van der Waals surface area contributed by atoms with Crippen molar-refractivity contribution in [1.82, 2.24) is 0 Å². The lowest BCUT2D eigenvalue weighted by Crippen LogP contribution is -2.04. The maximum Gasteiger partial charge on any atom is 0.330 e. The molecule has 18 heavy (non-hydrogen) atoms. The van der Waals surface area contributed by atoms with Crippen LogP contribution >= 0.6 is 7.60 Å². The first-order chi connectivity index (χ1) is 8.54. The van der Waals surface area contributed by atoms with Gasteiger partial charge in [0.2, 0.25) is 0 Å². The molecule has 0 aromatic heterocycles. The largest absolute Gasteiger partial charge is 0.330 e. The van der Waals surface area contributed by atoms with Gasteiger partial charge in [-0.3, -0.25) is 4.57 Å². The Morgan fingerprint density at radius 1 is 0.944 bits per heavy atom. The molecule has 0 radical (unpaired) electrons. The van der Waals surface area contributed by atoms with Gasteiger partial charge >= 0.3 is 7.60 Å². The van der Waals surface area contributed by atoms with Crippen molar-refractivity contribution in [3.8, 4) is 0 Å². The summed E-state index contributed by atoms with van der Waals surface area (Å²) in [5.74, 6) is 0.643. The average Bonchev–Trinajstić information content (AvgIpc) is 2.29. The van der Waals surface area contributed by atoms with Crippen molar-refractivity contribution in [3.63, 3.8) is 0 Å². The first-order valence-corrected chi connectivity index (χ1v) is 9.15. The minimum absolute atomic E-state index is 0.557. The summed E-state index contributed by atoms with van der Waals surface area (Å²) < 4.78 is 23.6. The zero-order valence-corrected chi connectivity index (χ0v) is 13.5. The van der Waals surface area contributed by atoms with Crippen LogP contribution in [0.4, 0.5) is 0 Å². The Bertz CT molecular complexity index is 215. The molecule has 0 aliphatic carbocycles. The van der Waals surface area contributed by atoms with Gasteiger partial charge in [0.15, 0.2) is 0 Å². The topological polar surface area (TPSA) is 35.5 Å². The molecule has 0 spiro atoms. The minimum atomic E-state index is -2.83. The molecule has 0 rings (SSSR count). The van der Waals surface area contributed by atoms with Gasteiger partial charge in [-0.25, -0.2) is 0 Å². The molecule has 0 N–H and O–H groups in total. The molecule has 0 fully saturated rings. The molecule has 0 heterocycles. The molecule has 3 nitrogen and oxygen atoms in total. The van der Waals surface area contributed by atoms with Crippen LogP contribution in [0, 0.1) is 5.92 Å². The fraction of sp³-hybridized carbons (Fsp3) is 1.00. The third-order valence-electron chi connectivity index (χ3n) is 2.79. The summed E-state index contributed by atoms with van der Waals surface area (Å²) in [7, 11) is -2.83. The molecule has 0 aromatic rings. The number of rotatable bonds is 12. The second-order valence-corrected chi connectivity index (χ2v) is 7.43. The molecule has 0 bridgehead atoms. The maximum atomic E-state index is 12.5. The fourth-order valence-electron chi connectivity index (χ4n) is 1.56. The summed E-state index contributed by atoms with van der Waals surface area (Å²) >= 11 is 0. The number of hydrogen-bond donors (Lipinski definition) is 0. The minimum Gasteiger partial charge on any atom is -0.309 e. The smallest absolute Gasteiger partial charge is 0.309 e. The van der Waals surface area contributed by atoms with Crippen molar-refractivity contribution in [1.29, 1.82) is 0 Å². The molecule has 0 aliphatic heterocycles. The van der Waals surface area contributed by atoms with Gasteiger partial charge in [0.25, 0.3) is 0 Å². The highest BCUT2D eigenvalue weighted by atomic mass is 31.2. The van der Waals surface area contributed by atoms with E-state index in [9.17, 15) is 4.57 Å². The third kappa shape index (κ3) is 10.1. The van der Waals surface area contributed by atoms with Crippen molar-refractivity contribution in [3.05, 3.63) is 0 Å². The monoisotopic (exact) mass is 278 g/mol. The molecule has 0 unspecified atom stereocenters. The van der Waals surface area contributed by atoms with E-state index in [0.29, 0.717) is 25.3 Å². The van der Waals surface area contributed by atoms with Crippen LogP contribution in [0.3, 0.4) is 0 Å². The van der Waals surface area contributed by atoms with E-state index in [1.807, 2.05) is 0 Å². The van der Waals surface area contributed by atoms with Crippen LogP contribution in [0.2, 0.25) is 0 Å². The van der Waals surface area contributed by atoms with Gasteiger partial charge in [0.05, 0.1) is 19.4 Å². The lowest BCUT2D eigenvalue weighted by Gasteiger charge is -2.19. The number of unbranched alkanes of at least 4 members (excludes halogenated alkanes) is 2. The predicted octanol–water partition coefficient (Wildman–Crippen LogP) is 5.25. The SMILES string of the molecule is CCCCOP(=O)(CCCC(C)C)OCCCC. The average molecular weight is 278 g/mol. The number of hydrogen-bond acceptors (Lipinski definition) is 3. The molecule has 4 heteroatoms. The Labute approximate surface area is 113 Å². The summed E-state index contributed by atoms with van der Waals surface area (Å²) in [4.78, 5) is 0. The molecule has 0 atom stereocenters. The summed E-state index contributed by atoms with van der Waals surface area (Å²) in [6.07, 6.45) is 6.59. The van der Waals surface area contributed by atoms with E-state index in [-0.39, 0.29) is 0 Å². The Hall–Kier alpha value is 0.150. The fourth-order valence-corrected chi connectivity index (χ4v) is 3.27. The first kappa shape index (κ1) is 18.1. The van der Waals surface area contributed by atoms with Crippen molar-refractivity contribution in [2.45, 2.75) is 66.2 Å². The van der Waals surface area contributed by atoms with Gasteiger partial charge in [-0.1, -0.05) is 47.0 Å². The van der Waals surface area contributed by atoms with E-state index in [0.717, 1.165) is 38.5 Å². The summed E-state index contributed by atoms with van der Waals surface area (Å²) in [5, 5.41) is 0. The quantitative estimate of drug-likeness (QED) is 0.361. The molecule has 0 saturated heterocycles. The van der Waals surface area contributed by atoms with Crippen molar-refractivity contribution < 1.29 is 13.6 Å². The molecular weight excluding hydrogens is 247 g/mol. The maximum absolute atomic E-state index is 12.5. The van der Waals surface area contributed by atoms with Gasteiger partial charge < -0.3 is 9.05 Å². The van der Waals surface area contributed by atoms with Gasteiger partial charge in [-0.15, -0.1) is 0 Å². The highest BCUT2D eigenvalue weighted by Crippen LogP contribution is 2.49. The highest BCUT2D eigenvalue weighted by Gasteiger charge is 2.23. The zero-order valence-electron chi connectivity index (χ0n) is 12.6. The lowest BCUT2D eigenvalue weighted by atomic mass is 10.1. The zero-order chi connectivity index (χ0) is 13.9. The standard InChI is InChI=1S/C14H31O3P/c1-5-7-11-16-18(15,17-12-8-6-2)13-9-10-14(3)4/h14H,5-13H2,1-4H3. The van der Waals surface area contributed by atoms with Crippen molar-refractivity contribution in [2.75, 3.05) is 19.4 Å². The van der Waals surface area contributed by atoms with Gasteiger partial charge in [-0.2, -0.15) is 0 Å². The third-order valence-corrected chi connectivity index (χ3v) is 4.80. The van der Waals surface area contributed by atoms with Crippen LogP contribution in [0.15, 0.2) is 0 Å². The molecule has 0 saturated carbocycles. The van der Waals surface area contributed by atoms with Crippen LogP contribution in [0.5, 0.6) is 0 Å². The molecule has 0 aliphatic rings. The second kappa shape index (κ2) is 11.0. The van der Waals surface area contributed by atoms with Gasteiger partial charge in [0.1, 0.15) is 0 Å². The molecule has 110 valence electrons. The van der Waals surface area contributed by atoms with Crippen LogP contribution in [0.25, 0.3) is 0 Å². The second-order valence-electron chi connectivity index (χ2n) is 5.24. The lowest BCUT2D eigenvalue weighted by molar-refractivity contribution is 0.199. The van der Waals surface area contributed by atoms with E-state index < -0.39 is 7.60 Å². The Balaban J connectivity index is 4.07. The summed E-state index contributed by atoms with van der Waals surface area (Å²) in [6.45, 7) is 9.68. The molecule has 0 aromatic carbocycles. The van der Waals surface area contributed by atoms with E-state index in [1.54, 1.807) is 0 Å². The van der Waals surface area contributed by atoms with Gasteiger partial charge in [0, 0.05) is 0 Å². The van der Waals surface area contributed by atoms with Crippen LogP contribution < -0.4 is 0 Å². The molecule has 0 amide bonds. The van der Waals surface area contributed by atoms with E-state index in [1.165, 1.54) is 0 Å². The van der Waals surface area contributed by atoms with Crippen LogP contribution in [-0.2, 0) is 13.6 Å². The first-order valence-electron chi connectivity index (χ1n) is 7.42. The predicted molar refractivity (Wildman–Crippen MR) is 78.3 cm³/mol. The molecular formula is C14H31O3P. The van der Waals surface area contributed by atoms with E-state index >= 15 is 0 Å². The van der Waals surface area contributed by atoms with E-state index in [2.05, 4.69) is 27.7 Å². The van der Waals surface area contributed by atoms with Crippen molar-refractivity contribution in [2.24, 2.45) is 5.92 Å². The van der Waals surface area contributed by atoms with E-state index in [4.69, 9.17) is 9.05 Å². The van der Waals surface area contributed by atoms with Crippen molar-refractivity contribution >= 4 is 7.60 Å². The van der Waals surface area contributed by atoms with Crippen LogP contribution in [0.1, 0.15) is 66.2 Å². The highest BCUT2D eigenvalue weighted by molar-refractivity contribution is 7.53. The normalized spacial score (nSPS) is 12.3. The van der Waals surface area contributed by atoms with Gasteiger partial charge in [-0.05, 0) is 25.2 Å².